The standard InChI is InChI=1S/C13H24O2/c1-5-6-7-8-12(4)9-13(14)15-10-11(2)3/h9,11H,5-8,10H2,1-4H3. The Morgan fingerprint density at radius 2 is 2.00 bits per heavy atom. The highest BCUT2D eigenvalue weighted by Crippen LogP contribution is 2.08. The number of carbonyl (C=O) groups is 1. The molecule has 0 rings (SSSR count). The van der Waals surface area contributed by atoms with Gasteiger partial charge in [0.1, 0.15) is 0 Å². The Hall–Kier alpha value is -0.790. The topological polar surface area (TPSA) is 26.3 Å². The van der Waals surface area contributed by atoms with E-state index in [2.05, 4.69) is 6.92 Å². The Bertz CT molecular complexity index is 205. The highest BCUT2D eigenvalue weighted by molar-refractivity contribution is 5.82. The van der Waals surface area contributed by atoms with Crippen molar-refractivity contribution >= 4 is 5.97 Å². The maximum absolute atomic E-state index is 11.3. The highest BCUT2D eigenvalue weighted by Gasteiger charge is 2.01. The normalized spacial score (nSPS) is 11.9. The molecule has 2 nitrogen and oxygen atoms in total. The Labute approximate surface area is 93.7 Å². The van der Waals surface area contributed by atoms with Gasteiger partial charge < -0.3 is 4.74 Å². The average Bonchev–Trinajstić information content (AvgIpc) is 2.15. The molecule has 0 aliphatic carbocycles. The molecule has 0 saturated carbocycles. The van der Waals surface area contributed by atoms with E-state index < -0.39 is 0 Å². The molecule has 88 valence electrons. The van der Waals surface area contributed by atoms with Crippen molar-refractivity contribution in [3.8, 4) is 0 Å². The molecule has 0 N–H and O–H groups in total. The molecule has 0 atom stereocenters. The molecule has 0 aliphatic rings. The Balaban J connectivity index is 3.74. The van der Waals surface area contributed by atoms with Crippen molar-refractivity contribution in [2.24, 2.45) is 5.92 Å². The molecule has 0 aromatic rings. The second-order valence-corrected chi connectivity index (χ2v) is 4.47. The van der Waals surface area contributed by atoms with E-state index in [9.17, 15) is 4.79 Å². The van der Waals surface area contributed by atoms with Crippen LogP contribution < -0.4 is 0 Å². The first-order valence-corrected chi connectivity index (χ1v) is 5.90. The van der Waals surface area contributed by atoms with Gasteiger partial charge in [0.25, 0.3) is 0 Å². The molecule has 0 aromatic carbocycles. The summed E-state index contributed by atoms with van der Waals surface area (Å²) < 4.78 is 5.07. The minimum Gasteiger partial charge on any atom is -0.462 e. The molecule has 15 heavy (non-hydrogen) atoms. The van der Waals surface area contributed by atoms with Crippen molar-refractivity contribution in [2.45, 2.75) is 53.4 Å². The van der Waals surface area contributed by atoms with Crippen LogP contribution in [0.1, 0.15) is 53.4 Å². The number of hydrogen-bond donors (Lipinski definition) is 0. The van der Waals surface area contributed by atoms with E-state index in [1.807, 2.05) is 20.8 Å². The first-order chi connectivity index (χ1) is 7.06. The van der Waals surface area contributed by atoms with E-state index in [-0.39, 0.29) is 5.97 Å². The maximum atomic E-state index is 11.3. The lowest BCUT2D eigenvalue weighted by Gasteiger charge is -2.05. The van der Waals surface area contributed by atoms with Gasteiger partial charge >= 0.3 is 5.97 Å². The highest BCUT2D eigenvalue weighted by atomic mass is 16.5. The second-order valence-electron chi connectivity index (χ2n) is 4.47. The summed E-state index contributed by atoms with van der Waals surface area (Å²) >= 11 is 0. The number of rotatable bonds is 7. The van der Waals surface area contributed by atoms with Crippen LogP contribution in [-0.2, 0) is 9.53 Å². The van der Waals surface area contributed by atoms with Crippen LogP contribution in [0.5, 0.6) is 0 Å². The van der Waals surface area contributed by atoms with Crippen LogP contribution in [-0.4, -0.2) is 12.6 Å². The lowest BCUT2D eigenvalue weighted by molar-refractivity contribution is -0.138. The van der Waals surface area contributed by atoms with Crippen molar-refractivity contribution in [1.29, 1.82) is 0 Å². The fourth-order valence-electron chi connectivity index (χ4n) is 1.22. The Morgan fingerprint density at radius 1 is 1.33 bits per heavy atom. The summed E-state index contributed by atoms with van der Waals surface area (Å²) in [6.07, 6.45) is 6.23. The molecule has 0 radical (unpaired) electrons. The van der Waals surface area contributed by atoms with E-state index in [1.54, 1.807) is 6.08 Å². The fourth-order valence-corrected chi connectivity index (χ4v) is 1.22. The quantitative estimate of drug-likeness (QED) is 0.365. The fraction of sp³-hybridized carbons (Fsp3) is 0.769. The van der Waals surface area contributed by atoms with Gasteiger partial charge in [0, 0.05) is 6.08 Å². The summed E-state index contributed by atoms with van der Waals surface area (Å²) in [5, 5.41) is 0. The third kappa shape index (κ3) is 9.51. The SMILES string of the molecule is CCCCCC(C)=CC(=O)OCC(C)C. The zero-order valence-corrected chi connectivity index (χ0v) is 10.5. The predicted octanol–water partition coefficient (Wildman–Crippen LogP) is 3.71. The molecular weight excluding hydrogens is 188 g/mol. The monoisotopic (exact) mass is 212 g/mol. The van der Waals surface area contributed by atoms with Crippen molar-refractivity contribution in [3.63, 3.8) is 0 Å². The number of ether oxygens (including phenoxy) is 1. The van der Waals surface area contributed by atoms with Crippen LogP contribution in [0.4, 0.5) is 0 Å². The van der Waals surface area contributed by atoms with Gasteiger partial charge in [-0.1, -0.05) is 39.2 Å². The summed E-state index contributed by atoms with van der Waals surface area (Å²) in [5.74, 6) is 0.209. The first kappa shape index (κ1) is 14.2. The molecule has 0 unspecified atom stereocenters. The Kier molecular flexibility index (Phi) is 8.06. The third-order valence-electron chi connectivity index (χ3n) is 2.10. The molecule has 0 spiro atoms. The van der Waals surface area contributed by atoms with E-state index >= 15 is 0 Å². The van der Waals surface area contributed by atoms with Crippen molar-refractivity contribution in [1.82, 2.24) is 0 Å². The maximum Gasteiger partial charge on any atom is 0.330 e. The van der Waals surface area contributed by atoms with Gasteiger partial charge in [-0.3, -0.25) is 0 Å². The van der Waals surface area contributed by atoms with Gasteiger partial charge in [-0.15, -0.1) is 0 Å². The van der Waals surface area contributed by atoms with Gasteiger partial charge in [-0.2, -0.15) is 0 Å². The van der Waals surface area contributed by atoms with Crippen LogP contribution in [0.25, 0.3) is 0 Å². The lowest BCUT2D eigenvalue weighted by atomic mass is 10.1. The summed E-state index contributed by atoms with van der Waals surface area (Å²) in [6, 6.07) is 0. The summed E-state index contributed by atoms with van der Waals surface area (Å²) in [4.78, 5) is 11.3. The number of esters is 1. The third-order valence-corrected chi connectivity index (χ3v) is 2.10. The van der Waals surface area contributed by atoms with Crippen LogP contribution in [0.3, 0.4) is 0 Å². The Morgan fingerprint density at radius 3 is 2.53 bits per heavy atom. The number of allylic oxidation sites excluding steroid dienone is 1. The van der Waals surface area contributed by atoms with Crippen molar-refractivity contribution in [2.75, 3.05) is 6.61 Å². The van der Waals surface area contributed by atoms with E-state index in [0.29, 0.717) is 12.5 Å². The minimum absolute atomic E-state index is 0.197. The van der Waals surface area contributed by atoms with Crippen LogP contribution in [0.15, 0.2) is 11.6 Å². The predicted molar refractivity (Wildman–Crippen MR) is 63.7 cm³/mol. The van der Waals surface area contributed by atoms with Crippen molar-refractivity contribution in [3.05, 3.63) is 11.6 Å². The molecule has 0 heterocycles. The second kappa shape index (κ2) is 8.51. The van der Waals surface area contributed by atoms with Crippen molar-refractivity contribution < 1.29 is 9.53 Å². The average molecular weight is 212 g/mol. The van der Waals surface area contributed by atoms with Crippen LogP contribution >= 0.6 is 0 Å². The molecule has 0 bridgehead atoms. The molecule has 0 fully saturated rings. The molecular formula is C13H24O2. The van der Waals surface area contributed by atoms with Crippen LogP contribution in [0.2, 0.25) is 0 Å². The summed E-state index contributed by atoms with van der Waals surface area (Å²) in [7, 11) is 0. The summed E-state index contributed by atoms with van der Waals surface area (Å²) in [5.41, 5.74) is 1.12. The molecule has 0 aliphatic heterocycles. The number of hydrogen-bond acceptors (Lipinski definition) is 2. The molecule has 0 saturated heterocycles. The van der Waals surface area contributed by atoms with Gasteiger partial charge in [0.05, 0.1) is 6.61 Å². The molecule has 2 heteroatoms. The van der Waals surface area contributed by atoms with Gasteiger partial charge in [0.15, 0.2) is 0 Å². The number of unbranched alkanes of at least 4 members (excludes halogenated alkanes) is 2. The van der Waals surface area contributed by atoms with Gasteiger partial charge in [-0.25, -0.2) is 4.79 Å². The van der Waals surface area contributed by atoms with Gasteiger partial charge in [-0.05, 0) is 25.7 Å². The van der Waals surface area contributed by atoms with E-state index in [4.69, 9.17) is 4.74 Å². The van der Waals surface area contributed by atoms with E-state index in [1.165, 1.54) is 12.8 Å². The zero-order valence-electron chi connectivity index (χ0n) is 10.5. The largest absolute Gasteiger partial charge is 0.462 e. The number of carbonyl (C=O) groups excluding carboxylic acids is 1. The molecule has 0 amide bonds. The molecule has 0 aromatic heterocycles. The lowest BCUT2D eigenvalue weighted by Crippen LogP contribution is -2.07. The van der Waals surface area contributed by atoms with Crippen LogP contribution in [0, 0.1) is 5.92 Å². The minimum atomic E-state index is -0.197. The van der Waals surface area contributed by atoms with E-state index in [0.717, 1.165) is 18.4 Å². The smallest absolute Gasteiger partial charge is 0.330 e. The summed E-state index contributed by atoms with van der Waals surface area (Å²) in [6.45, 7) is 8.75. The first-order valence-electron chi connectivity index (χ1n) is 5.90. The zero-order chi connectivity index (χ0) is 11.7. The van der Waals surface area contributed by atoms with Gasteiger partial charge in [0.2, 0.25) is 0 Å².